The van der Waals surface area contributed by atoms with Gasteiger partial charge in [0, 0.05) is 25.7 Å². The number of hydrogen-bond acceptors (Lipinski definition) is 15. The van der Waals surface area contributed by atoms with Crippen LogP contribution in [0.5, 0.6) is 0 Å². The number of unbranched alkanes of at least 4 members (excludes halogenated alkanes) is 37. The molecular formula is C66H128O17P2. The van der Waals surface area contributed by atoms with Crippen molar-refractivity contribution < 1.29 is 80.2 Å². The minimum Gasteiger partial charge on any atom is -0.462 e. The Kier molecular flexibility index (Phi) is 58.3. The van der Waals surface area contributed by atoms with E-state index in [0.717, 1.165) is 109 Å². The largest absolute Gasteiger partial charge is 0.472 e. The lowest BCUT2D eigenvalue weighted by atomic mass is 9.99. The maximum atomic E-state index is 13.0. The lowest BCUT2D eigenvalue weighted by Crippen LogP contribution is -2.30. The van der Waals surface area contributed by atoms with Crippen molar-refractivity contribution in [3.8, 4) is 0 Å². The fourth-order valence-corrected chi connectivity index (χ4v) is 11.5. The first-order chi connectivity index (χ1) is 41.1. The third-order valence-corrected chi connectivity index (χ3v) is 17.5. The van der Waals surface area contributed by atoms with Crippen molar-refractivity contribution in [3.63, 3.8) is 0 Å². The van der Waals surface area contributed by atoms with Gasteiger partial charge in [-0.2, -0.15) is 0 Å². The van der Waals surface area contributed by atoms with Gasteiger partial charge in [0.05, 0.1) is 26.4 Å². The molecule has 17 nitrogen and oxygen atoms in total. The highest BCUT2D eigenvalue weighted by Crippen LogP contribution is 2.45. The Morgan fingerprint density at radius 2 is 0.565 bits per heavy atom. The zero-order chi connectivity index (χ0) is 62.8. The summed E-state index contributed by atoms with van der Waals surface area (Å²) in [6, 6.07) is 0. The fourth-order valence-electron chi connectivity index (χ4n) is 9.90. The molecule has 0 saturated heterocycles. The number of carbonyl (C=O) groups excluding carboxylic acids is 4. The van der Waals surface area contributed by atoms with Crippen LogP contribution in [0.3, 0.4) is 0 Å². The average molecular weight is 1260 g/mol. The summed E-state index contributed by atoms with van der Waals surface area (Å²) in [5.74, 6) is -1.36. The van der Waals surface area contributed by atoms with Crippen molar-refractivity contribution in [2.24, 2.45) is 5.92 Å². The molecule has 0 aromatic heterocycles. The van der Waals surface area contributed by atoms with Crippen molar-refractivity contribution in [3.05, 3.63) is 0 Å². The molecule has 504 valence electrons. The molecule has 0 radical (unpaired) electrons. The Balaban J connectivity index is 5.19. The third kappa shape index (κ3) is 59.5. The number of hydrogen-bond donors (Lipinski definition) is 3. The summed E-state index contributed by atoms with van der Waals surface area (Å²) in [4.78, 5) is 72.2. The van der Waals surface area contributed by atoms with Crippen LogP contribution in [0.1, 0.15) is 336 Å². The van der Waals surface area contributed by atoms with E-state index >= 15 is 0 Å². The van der Waals surface area contributed by atoms with Crippen LogP contribution >= 0.6 is 15.6 Å². The second kappa shape index (κ2) is 59.7. The van der Waals surface area contributed by atoms with Crippen LogP contribution in [0.4, 0.5) is 0 Å². The molecule has 0 spiro atoms. The second-order valence-corrected chi connectivity index (χ2v) is 27.0. The molecule has 0 aliphatic heterocycles. The van der Waals surface area contributed by atoms with Gasteiger partial charge in [-0.3, -0.25) is 37.3 Å². The summed E-state index contributed by atoms with van der Waals surface area (Å²) in [5.41, 5.74) is 0. The topological polar surface area (TPSA) is 237 Å². The summed E-state index contributed by atoms with van der Waals surface area (Å²) < 4.78 is 68.0. The van der Waals surface area contributed by atoms with Crippen molar-refractivity contribution in [1.82, 2.24) is 0 Å². The smallest absolute Gasteiger partial charge is 0.462 e. The van der Waals surface area contributed by atoms with E-state index in [9.17, 15) is 43.2 Å². The minimum absolute atomic E-state index is 0.105. The lowest BCUT2D eigenvalue weighted by molar-refractivity contribution is -0.161. The molecule has 0 rings (SSSR count). The van der Waals surface area contributed by atoms with Gasteiger partial charge in [0.1, 0.15) is 19.3 Å². The second-order valence-electron chi connectivity index (χ2n) is 24.1. The van der Waals surface area contributed by atoms with Gasteiger partial charge in [0.25, 0.3) is 0 Å². The Bertz CT molecular complexity index is 1650. The van der Waals surface area contributed by atoms with Crippen LogP contribution in [-0.2, 0) is 65.4 Å². The molecule has 0 saturated carbocycles. The van der Waals surface area contributed by atoms with E-state index in [1.807, 2.05) is 0 Å². The van der Waals surface area contributed by atoms with Gasteiger partial charge < -0.3 is 33.8 Å². The van der Waals surface area contributed by atoms with E-state index in [1.165, 1.54) is 148 Å². The van der Waals surface area contributed by atoms with Crippen LogP contribution in [-0.4, -0.2) is 96.7 Å². The first-order valence-corrected chi connectivity index (χ1v) is 37.7. The summed E-state index contributed by atoms with van der Waals surface area (Å²) in [6.07, 6.45) is 44.5. The van der Waals surface area contributed by atoms with Gasteiger partial charge in [0.15, 0.2) is 12.2 Å². The Morgan fingerprint density at radius 3 is 0.835 bits per heavy atom. The maximum absolute atomic E-state index is 13.0. The van der Waals surface area contributed by atoms with E-state index in [0.29, 0.717) is 25.7 Å². The SMILES string of the molecule is CCCCCCCCCCCCCCCCCCCC(=O)O[C@H](COC(=O)CCCCCCCCCCC(C)CC)COP(=O)(O)OC[C@@H](O)COP(=O)(O)OC[C@@H](COC(=O)CCCCCCCCC)OC(=O)CCCCCCCCCCC. The van der Waals surface area contributed by atoms with E-state index in [1.54, 1.807) is 0 Å². The van der Waals surface area contributed by atoms with Gasteiger partial charge >= 0.3 is 39.5 Å². The van der Waals surface area contributed by atoms with Gasteiger partial charge in [-0.25, -0.2) is 9.13 Å². The van der Waals surface area contributed by atoms with Gasteiger partial charge in [-0.05, 0) is 31.6 Å². The van der Waals surface area contributed by atoms with E-state index in [4.69, 9.17) is 37.0 Å². The van der Waals surface area contributed by atoms with Crippen LogP contribution in [0.2, 0.25) is 0 Å². The van der Waals surface area contributed by atoms with Crippen LogP contribution in [0.15, 0.2) is 0 Å². The fraction of sp³-hybridized carbons (Fsp3) is 0.939. The molecule has 6 atom stereocenters. The number of phosphoric ester groups is 2. The molecule has 0 aliphatic carbocycles. The molecule has 0 aromatic rings. The molecule has 85 heavy (non-hydrogen) atoms. The number of ether oxygens (including phenoxy) is 4. The van der Waals surface area contributed by atoms with Crippen LogP contribution in [0.25, 0.3) is 0 Å². The quantitative estimate of drug-likeness (QED) is 0.0222. The molecule has 0 aliphatic rings. The van der Waals surface area contributed by atoms with Gasteiger partial charge in [-0.1, -0.05) is 285 Å². The summed E-state index contributed by atoms with van der Waals surface area (Å²) in [5, 5.41) is 10.5. The molecule has 0 aromatic carbocycles. The number of rotatable bonds is 66. The number of aliphatic hydroxyl groups is 1. The van der Waals surface area contributed by atoms with Crippen LogP contribution in [0, 0.1) is 5.92 Å². The van der Waals surface area contributed by atoms with Crippen molar-refractivity contribution in [1.29, 1.82) is 0 Å². The van der Waals surface area contributed by atoms with E-state index in [-0.39, 0.29) is 25.7 Å². The average Bonchev–Trinajstić information content (AvgIpc) is 3.54. The number of aliphatic hydroxyl groups excluding tert-OH is 1. The van der Waals surface area contributed by atoms with Gasteiger partial charge in [0.2, 0.25) is 0 Å². The van der Waals surface area contributed by atoms with Crippen molar-refractivity contribution >= 4 is 39.5 Å². The monoisotopic (exact) mass is 1250 g/mol. The standard InChI is InChI=1S/C66H128O17P2/c1-6-10-13-16-19-21-22-23-24-25-26-27-28-30-37-42-47-52-66(71)83-62(56-77-64(69)50-45-40-35-32-31-34-38-43-48-59(5)9-4)58-81-85(74,75)79-54-60(67)53-78-84(72,73)80-57-61(55-76-63(68)49-44-39-33-18-15-12-8-3)82-65(70)51-46-41-36-29-20-17-14-11-7-2/h59-62,67H,6-58H2,1-5H3,(H,72,73)(H,74,75)/t59?,60-,61+,62+/m0/s1. The molecule has 0 bridgehead atoms. The molecule has 0 fully saturated rings. The lowest BCUT2D eigenvalue weighted by Gasteiger charge is -2.21. The number of esters is 4. The number of carbonyl (C=O) groups is 4. The van der Waals surface area contributed by atoms with E-state index in [2.05, 4.69) is 34.6 Å². The molecule has 19 heteroatoms. The van der Waals surface area contributed by atoms with Crippen molar-refractivity contribution in [2.45, 2.75) is 355 Å². The molecule has 0 heterocycles. The normalized spacial score (nSPS) is 14.5. The zero-order valence-corrected chi connectivity index (χ0v) is 56.5. The summed E-state index contributed by atoms with van der Waals surface area (Å²) in [6.45, 7) is 7.16. The Morgan fingerprint density at radius 1 is 0.329 bits per heavy atom. The Labute approximate surface area is 517 Å². The highest BCUT2D eigenvalue weighted by atomic mass is 31.2. The highest BCUT2D eigenvalue weighted by Gasteiger charge is 2.30. The minimum atomic E-state index is -4.95. The first kappa shape index (κ1) is 83.1. The molecule has 3 unspecified atom stereocenters. The maximum Gasteiger partial charge on any atom is 0.472 e. The third-order valence-electron chi connectivity index (χ3n) is 15.6. The zero-order valence-electron chi connectivity index (χ0n) is 54.7. The number of phosphoric acid groups is 2. The molecular weight excluding hydrogens is 1130 g/mol. The predicted octanol–water partition coefficient (Wildman–Crippen LogP) is 18.6. The van der Waals surface area contributed by atoms with Gasteiger partial charge in [-0.15, -0.1) is 0 Å². The predicted molar refractivity (Wildman–Crippen MR) is 340 cm³/mol. The summed E-state index contributed by atoms with van der Waals surface area (Å²) in [7, 11) is -9.88. The highest BCUT2D eigenvalue weighted by molar-refractivity contribution is 7.47. The first-order valence-electron chi connectivity index (χ1n) is 34.7. The molecule has 3 N–H and O–H groups in total. The summed E-state index contributed by atoms with van der Waals surface area (Å²) >= 11 is 0. The molecule has 0 amide bonds. The van der Waals surface area contributed by atoms with E-state index < -0.39 is 97.5 Å². The van der Waals surface area contributed by atoms with Crippen molar-refractivity contribution in [2.75, 3.05) is 39.6 Å². The Hall–Kier alpha value is -1.94. The van der Waals surface area contributed by atoms with Crippen LogP contribution < -0.4 is 0 Å².